The summed E-state index contributed by atoms with van der Waals surface area (Å²) in [6.45, 7) is 1.21. The van der Waals surface area contributed by atoms with Crippen LogP contribution in [-0.2, 0) is 14.8 Å². The maximum Gasteiger partial charge on any atom is 0.338 e. The lowest BCUT2D eigenvalue weighted by Crippen LogP contribution is -2.16. The number of rotatable bonds is 10. The van der Waals surface area contributed by atoms with Crippen molar-refractivity contribution in [3.63, 3.8) is 0 Å². The van der Waals surface area contributed by atoms with Crippen LogP contribution in [0.5, 0.6) is 0 Å². The summed E-state index contributed by atoms with van der Waals surface area (Å²) in [5.74, 6) is -0.351. The van der Waals surface area contributed by atoms with Crippen molar-refractivity contribution in [3.8, 4) is 22.3 Å². The Labute approximate surface area is 254 Å². The molecule has 0 unspecified atom stereocenters. The first-order valence-corrected chi connectivity index (χ1v) is 16.1. The monoisotopic (exact) mass is 610 g/mol. The SMILES string of the molecule is CN(C)CCCOC(=O)c1ccc(-c2cnc3[nH]c4ccc(NS(=O)(=O)c5cccs5)cc4c3c2-c2ccccc2)cc1. The summed E-state index contributed by atoms with van der Waals surface area (Å²) < 4.78 is 34.3. The number of anilines is 1. The van der Waals surface area contributed by atoms with Crippen molar-refractivity contribution in [2.45, 2.75) is 10.6 Å². The van der Waals surface area contributed by atoms with E-state index >= 15 is 0 Å². The maximum absolute atomic E-state index is 12.9. The molecule has 218 valence electrons. The lowest BCUT2D eigenvalue weighted by atomic mass is 9.92. The van der Waals surface area contributed by atoms with Crippen LogP contribution in [0.2, 0.25) is 0 Å². The number of esters is 1. The highest BCUT2D eigenvalue weighted by Gasteiger charge is 2.20. The molecule has 3 aromatic heterocycles. The number of hydrogen-bond donors (Lipinski definition) is 2. The van der Waals surface area contributed by atoms with Crippen LogP contribution in [0.15, 0.2) is 101 Å². The molecule has 6 aromatic rings. The maximum atomic E-state index is 12.9. The van der Waals surface area contributed by atoms with Crippen LogP contribution in [0.1, 0.15) is 16.8 Å². The second-order valence-electron chi connectivity index (χ2n) is 10.4. The van der Waals surface area contributed by atoms with Gasteiger partial charge in [0.05, 0.1) is 12.2 Å². The van der Waals surface area contributed by atoms with Crippen molar-refractivity contribution < 1.29 is 17.9 Å². The highest BCUT2D eigenvalue weighted by Crippen LogP contribution is 2.41. The summed E-state index contributed by atoms with van der Waals surface area (Å²) in [5, 5.41) is 3.45. The molecule has 2 N–H and O–H groups in total. The smallest absolute Gasteiger partial charge is 0.338 e. The molecule has 0 atom stereocenters. The number of aromatic amines is 1. The number of carbonyl (C=O) groups is 1. The number of aromatic nitrogens is 2. The molecule has 0 fully saturated rings. The number of carbonyl (C=O) groups excluding carboxylic acids is 1. The minimum Gasteiger partial charge on any atom is -0.462 e. The predicted octanol–water partition coefficient (Wildman–Crippen LogP) is 7.02. The average molecular weight is 611 g/mol. The number of pyridine rings is 1. The highest BCUT2D eigenvalue weighted by atomic mass is 32.2. The predicted molar refractivity (Wildman–Crippen MR) is 173 cm³/mol. The minimum absolute atomic E-state index is 0.251. The number of fused-ring (bicyclic) bond motifs is 3. The van der Waals surface area contributed by atoms with E-state index in [1.54, 1.807) is 35.7 Å². The Kier molecular flexibility index (Phi) is 7.98. The number of nitrogens with one attached hydrogen (secondary N) is 2. The van der Waals surface area contributed by atoms with Crippen molar-refractivity contribution in [2.75, 3.05) is 32.0 Å². The summed E-state index contributed by atoms with van der Waals surface area (Å²) in [6, 6.07) is 26.1. The highest BCUT2D eigenvalue weighted by molar-refractivity contribution is 7.94. The van der Waals surface area contributed by atoms with Crippen molar-refractivity contribution in [2.24, 2.45) is 0 Å². The van der Waals surface area contributed by atoms with Crippen LogP contribution in [0.4, 0.5) is 5.69 Å². The van der Waals surface area contributed by atoms with Crippen LogP contribution in [0.3, 0.4) is 0 Å². The summed E-state index contributed by atoms with van der Waals surface area (Å²) in [4.78, 5) is 22.8. The van der Waals surface area contributed by atoms with Gasteiger partial charge < -0.3 is 14.6 Å². The lowest BCUT2D eigenvalue weighted by Gasteiger charge is -2.13. The molecule has 8 nitrogen and oxygen atoms in total. The van der Waals surface area contributed by atoms with Crippen molar-refractivity contribution >= 4 is 55.0 Å². The molecule has 6 rings (SSSR count). The van der Waals surface area contributed by atoms with Gasteiger partial charge in [-0.15, -0.1) is 11.3 Å². The Morgan fingerprint density at radius 1 is 0.977 bits per heavy atom. The number of ether oxygens (including phenoxy) is 1. The standard InChI is InChI=1S/C33H30N4O4S2/c1-37(2)17-7-18-41-33(38)24-13-11-22(12-14-24)27-21-34-32-31(30(27)23-8-4-3-5-9-23)26-20-25(15-16-28(26)35-32)36-43(39,40)29-10-6-19-42-29/h3-6,8-16,19-21,36H,7,17-18H2,1-2H3,(H,34,35). The second-order valence-corrected chi connectivity index (χ2v) is 13.3. The van der Waals surface area contributed by atoms with Gasteiger partial charge in [-0.2, -0.15) is 0 Å². The Balaban J connectivity index is 1.41. The molecule has 0 amide bonds. The average Bonchev–Trinajstić information content (AvgIpc) is 3.68. The first kappa shape index (κ1) is 28.6. The molecule has 10 heteroatoms. The Morgan fingerprint density at radius 2 is 1.77 bits per heavy atom. The molecular weight excluding hydrogens is 581 g/mol. The van der Waals surface area contributed by atoms with Crippen LogP contribution in [-0.4, -0.2) is 56.5 Å². The third-order valence-corrected chi connectivity index (χ3v) is 9.89. The van der Waals surface area contributed by atoms with Crippen molar-refractivity contribution in [3.05, 3.63) is 102 Å². The Bertz CT molecular complexity index is 2000. The first-order chi connectivity index (χ1) is 20.8. The van der Waals surface area contributed by atoms with Crippen LogP contribution in [0.25, 0.3) is 44.2 Å². The number of nitrogens with zero attached hydrogens (tertiary/aromatic N) is 2. The molecule has 3 aromatic carbocycles. The summed E-state index contributed by atoms with van der Waals surface area (Å²) in [5.41, 5.74) is 6.18. The van der Waals surface area contributed by atoms with Crippen LogP contribution < -0.4 is 4.72 Å². The van der Waals surface area contributed by atoms with Gasteiger partial charge in [0.15, 0.2) is 0 Å². The number of H-pyrrole nitrogens is 1. The van der Waals surface area contributed by atoms with E-state index in [0.717, 1.165) is 51.5 Å². The van der Waals surface area contributed by atoms with Gasteiger partial charge >= 0.3 is 5.97 Å². The molecule has 3 heterocycles. The summed E-state index contributed by atoms with van der Waals surface area (Å²) >= 11 is 1.17. The topological polar surface area (TPSA) is 104 Å². The van der Waals surface area contributed by atoms with E-state index in [0.29, 0.717) is 23.5 Å². The number of thiophene rings is 1. The molecule has 0 bridgehead atoms. The third-order valence-electron chi connectivity index (χ3n) is 7.11. The van der Waals surface area contributed by atoms with E-state index in [-0.39, 0.29) is 10.2 Å². The van der Waals surface area contributed by atoms with Crippen LogP contribution in [0, 0.1) is 0 Å². The van der Waals surface area contributed by atoms with Crippen LogP contribution >= 0.6 is 11.3 Å². The Hall–Kier alpha value is -4.51. The molecule has 0 aliphatic rings. The number of benzene rings is 3. The molecule has 0 radical (unpaired) electrons. The van der Waals surface area contributed by atoms with Gasteiger partial charge in [-0.05, 0) is 73.4 Å². The van der Waals surface area contributed by atoms with Gasteiger partial charge in [0.1, 0.15) is 9.86 Å². The second kappa shape index (κ2) is 12.0. The molecular formula is C33H30N4O4S2. The van der Waals surface area contributed by atoms with E-state index in [2.05, 4.69) is 14.6 Å². The minimum atomic E-state index is -3.71. The third kappa shape index (κ3) is 6.03. The van der Waals surface area contributed by atoms with Gasteiger partial charge in [-0.1, -0.05) is 48.5 Å². The fraction of sp³-hybridized carbons (Fsp3) is 0.152. The molecule has 0 aliphatic heterocycles. The normalized spacial score (nSPS) is 11.8. The number of sulfonamides is 1. The fourth-order valence-electron chi connectivity index (χ4n) is 5.08. The van der Waals surface area contributed by atoms with Gasteiger partial charge in [0.2, 0.25) is 0 Å². The molecule has 0 saturated heterocycles. The van der Waals surface area contributed by atoms with E-state index in [1.807, 2.05) is 74.9 Å². The zero-order valence-electron chi connectivity index (χ0n) is 23.7. The lowest BCUT2D eigenvalue weighted by molar-refractivity contribution is 0.0493. The van der Waals surface area contributed by atoms with Crippen molar-refractivity contribution in [1.29, 1.82) is 0 Å². The molecule has 0 spiro atoms. The van der Waals surface area contributed by atoms with Gasteiger partial charge in [0, 0.05) is 45.8 Å². The number of hydrogen-bond acceptors (Lipinski definition) is 7. The quantitative estimate of drug-likeness (QED) is 0.128. The molecule has 43 heavy (non-hydrogen) atoms. The molecule has 0 saturated carbocycles. The van der Waals surface area contributed by atoms with E-state index < -0.39 is 10.0 Å². The van der Waals surface area contributed by atoms with E-state index in [4.69, 9.17) is 9.72 Å². The Morgan fingerprint density at radius 3 is 2.49 bits per heavy atom. The summed E-state index contributed by atoms with van der Waals surface area (Å²) in [7, 11) is 0.263. The van der Waals surface area contributed by atoms with Gasteiger partial charge in [0.25, 0.3) is 10.0 Å². The fourth-order valence-corrected chi connectivity index (χ4v) is 7.12. The zero-order valence-corrected chi connectivity index (χ0v) is 25.3. The molecule has 0 aliphatic carbocycles. The van der Waals surface area contributed by atoms with E-state index in [9.17, 15) is 13.2 Å². The van der Waals surface area contributed by atoms with Gasteiger partial charge in [-0.25, -0.2) is 18.2 Å². The van der Waals surface area contributed by atoms with E-state index in [1.165, 1.54) is 11.3 Å². The summed E-state index contributed by atoms with van der Waals surface area (Å²) in [6.07, 6.45) is 2.60. The van der Waals surface area contributed by atoms with Gasteiger partial charge in [-0.3, -0.25) is 4.72 Å². The first-order valence-electron chi connectivity index (χ1n) is 13.8. The zero-order chi connectivity index (χ0) is 30.0. The largest absolute Gasteiger partial charge is 0.462 e. The van der Waals surface area contributed by atoms with Crippen molar-refractivity contribution in [1.82, 2.24) is 14.9 Å².